The summed E-state index contributed by atoms with van der Waals surface area (Å²) in [5, 5.41) is 12.5. The van der Waals surface area contributed by atoms with Crippen molar-refractivity contribution < 1.29 is 19.4 Å². The number of hydrogen-bond donors (Lipinski definition) is 2. The van der Waals surface area contributed by atoms with E-state index in [9.17, 15) is 9.90 Å². The monoisotopic (exact) mass is 602 g/mol. The van der Waals surface area contributed by atoms with Gasteiger partial charge in [-0.3, -0.25) is 14.7 Å². The van der Waals surface area contributed by atoms with Crippen LogP contribution >= 0.6 is 0 Å². The maximum absolute atomic E-state index is 13.1. The average Bonchev–Trinajstić information content (AvgIpc) is 3.09. The Morgan fingerprint density at radius 3 is 2.40 bits per heavy atom. The number of aliphatic hydroxyl groups excluding tert-OH is 1. The minimum absolute atomic E-state index is 0.0127. The lowest BCUT2D eigenvalue weighted by Gasteiger charge is -2.43. The molecular weight excluding hydrogens is 564 g/mol. The number of benzene rings is 4. The van der Waals surface area contributed by atoms with Crippen LogP contribution in [0, 0.1) is 5.92 Å². The normalized spacial score (nSPS) is 20.6. The first-order chi connectivity index (χ1) is 21.9. The molecule has 8 heteroatoms. The highest BCUT2D eigenvalue weighted by Gasteiger charge is 2.39. The van der Waals surface area contributed by atoms with Gasteiger partial charge in [-0.1, -0.05) is 85.8 Å². The lowest BCUT2D eigenvalue weighted by Crippen LogP contribution is -2.44. The van der Waals surface area contributed by atoms with Crippen LogP contribution in [0.1, 0.15) is 65.0 Å². The number of para-hydroxylation sites is 2. The fraction of sp³-hybridized carbons (Fsp3) is 0.270. The lowest BCUT2D eigenvalue weighted by molar-refractivity contribution is -0.276. The molecule has 1 aliphatic rings. The highest BCUT2D eigenvalue weighted by molar-refractivity contribution is 6.03. The van der Waals surface area contributed by atoms with Crippen molar-refractivity contribution in [3.05, 3.63) is 137 Å². The zero-order valence-electron chi connectivity index (χ0n) is 25.7. The Labute approximate surface area is 263 Å². The Balaban J connectivity index is 1.24. The summed E-state index contributed by atoms with van der Waals surface area (Å²) in [6, 6.07) is 33.5. The number of amides is 1. The van der Waals surface area contributed by atoms with Gasteiger partial charge in [0, 0.05) is 29.8 Å². The van der Waals surface area contributed by atoms with Gasteiger partial charge < -0.3 is 19.9 Å². The number of anilines is 1. The van der Waals surface area contributed by atoms with Crippen molar-refractivity contribution in [2.24, 2.45) is 5.92 Å². The Bertz CT molecular complexity index is 1750. The van der Waals surface area contributed by atoms with E-state index >= 15 is 0 Å². The van der Waals surface area contributed by atoms with Gasteiger partial charge in [0.25, 0.3) is 5.91 Å². The van der Waals surface area contributed by atoms with Gasteiger partial charge in [-0.05, 0) is 54.9 Å². The molecule has 2 N–H and O–H groups in total. The quantitative estimate of drug-likeness (QED) is 0.190. The molecule has 5 aromatic rings. The van der Waals surface area contributed by atoms with E-state index in [-0.39, 0.29) is 42.4 Å². The fourth-order valence-corrected chi connectivity index (χ4v) is 5.78. The number of hydrogen-bond acceptors (Lipinski definition) is 7. The van der Waals surface area contributed by atoms with E-state index < -0.39 is 6.29 Å². The lowest BCUT2D eigenvalue weighted by atomic mass is 9.89. The van der Waals surface area contributed by atoms with Crippen LogP contribution in [0.4, 0.5) is 5.69 Å². The Kier molecular flexibility index (Phi) is 9.28. The summed E-state index contributed by atoms with van der Waals surface area (Å²) in [6.07, 6.45) is 0.438. The van der Waals surface area contributed by atoms with Crippen molar-refractivity contribution in [1.82, 2.24) is 14.9 Å². The van der Waals surface area contributed by atoms with Crippen LogP contribution in [0.25, 0.3) is 11.0 Å². The molecule has 8 nitrogen and oxygen atoms in total. The summed E-state index contributed by atoms with van der Waals surface area (Å²) in [5.74, 6) is -0.304. The zero-order valence-corrected chi connectivity index (χ0v) is 25.7. The van der Waals surface area contributed by atoms with E-state index in [1.54, 1.807) is 0 Å². The number of aromatic nitrogens is 2. The number of ether oxygens (including phenoxy) is 2. The number of likely N-dealkylation sites (N-methyl/N-ethyl adjacent to an activating group) is 1. The van der Waals surface area contributed by atoms with Gasteiger partial charge in [-0.15, -0.1) is 0 Å². The van der Waals surface area contributed by atoms with Crippen molar-refractivity contribution in [2.75, 3.05) is 18.9 Å². The van der Waals surface area contributed by atoms with Crippen LogP contribution in [-0.4, -0.2) is 45.6 Å². The molecular formula is C37H38N4O4. The van der Waals surface area contributed by atoms with Crippen LogP contribution in [0.3, 0.4) is 0 Å². The van der Waals surface area contributed by atoms with E-state index in [0.717, 1.165) is 22.2 Å². The van der Waals surface area contributed by atoms with Crippen molar-refractivity contribution >= 4 is 22.6 Å². The summed E-state index contributed by atoms with van der Waals surface area (Å²) in [4.78, 5) is 24.3. The van der Waals surface area contributed by atoms with Crippen molar-refractivity contribution in [1.29, 1.82) is 0 Å². The molecule has 0 bridgehead atoms. The molecule has 1 saturated heterocycles. The molecule has 1 amide bonds. The maximum Gasteiger partial charge on any atom is 0.275 e. The standard InChI is InChI=1S/C37H38N4O4/c1-24-34(22-41(3)25(2)27-10-5-4-6-11-27)44-37(45-35(24)28-18-16-26(23-42)17-19-28)29-12-9-13-30(20-29)39-36(43)33-21-38-31-14-7-8-15-32(31)40-33/h4-21,24-25,34-35,37,42H,22-23H2,1-3H3,(H,39,43)/t24-,25+,34+,35+,37+/m1/s1. The molecule has 230 valence electrons. The average molecular weight is 603 g/mol. The van der Waals surface area contributed by atoms with Gasteiger partial charge in [0.2, 0.25) is 0 Å². The van der Waals surface area contributed by atoms with Gasteiger partial charge in [-0.2, -0.15) is 0 Å². The molecule has 1 aliphatic heterocycles. The second-order valence-corrected chi connectivity index (χ2v) is 11.7. The molecule has 0 radical (unpaired) electrons. The Morgan fingerprint density at radius 1 is 0.911 bits per heavy atom. The molecule has 0 unspecified atom stereocenters. The van der Waals surface area contributed by atoms with Crippen molar-refractivity contribution in [2.45, 2.75) is 45.0 Å². The molecule has 2 heterocycles. The zero-order chi connectivity index (χ0) is 31.3. The van der Waals surface area contributed by atoms with Crippen LogP contribution < -0.4 is 5.32 Å². The third-order valence-electron chi connectivity index (χ3n) is 8.63. The van der Waals surface area contributed by atoms with E-state index in [4.69, 9.17) is 9.47 Å². The highest BCUT2D eigenvalue weighted by atomic mass is 16.7. The Morgan fingerprint density at radius 2 is 1.64 bits per heavy atom. The number of aliphatic hydroxyl groups is 1. The number of nitrogens with one attached hydrogen (secondary N) is 1. The largest absolute Gasteiger partial charge is 0.392 e. The minimum Gasteiger partial charge on any atom is -0.392 e. The van der Waals surface area contributed by atoms with Crippen LogP contribution in [-0.2, 0) is 16.1 Å². The van der Waals surface area contributed by atoms with Crippen molar-refractivity contribution in [3.8, 4) is 0 Å². The molecule has 45 heavy (non-hydrogen) atoms. The van der Waals surface area contributed by atoms with Gasteiger partial charge in [0.15, 0.2) is 6.29 Å². The van der Waals surface area contributed by atoms with Gasteiger partial charge in [0.05, 0.1) is 36.0 Å². The van der Waals surface area contributed by atoms with Crippen LogP contribution in [0.5, 0.6) is 0 Å². The second kappa shape index (κ2) is 13.7. The van der Waals surface area contributed by atoms with E-state index in [1.807, 2.05) is 78.9 Å². The van der Waals surface area contributed by atoms with Crippen molar-refractivity contribution in [3.63, 3.8) is 0 Å². The van der Waals surface area contributed by atoms with Gasteiger partial charge in [0.1, 0.15) is 5.69 Å². The van der Waals surface area contributed by atoms with Crippen LogP contribution in [0.15, 0.2) is 109 Å². The predicted octanol–water partition coefficient (Wildman–Crippen LogP) is 6.86. The number of carbonyl (C=O) groups excluding carboxylic acids is 1. The minimum atomic E-state index is -0.661. The maximum atomic E-state index is 13.1. The first kappa shape index (κ1) is 30.6. The molecule has 1 fully saturated rings. The summed E-state index contributed by atoms with van der Waals surface area (Å²) in [6.45, 7) is 5.04. The number of rotatable bonds is 9. The third kappa shape index (κ3) is 6.95. The SMILES string of the molecule is C[C@@H]1[C@H](CN(C)[C@@H](C)c2ccccc2)O[C@H](c2cccc(NC(=O)c3cnc4ccccc4n3)c2)O[C@@H]1c1ccc(CO)cc1. The molecule has 4 aromatic carbocycles. The second-order valence-electron chi connectivity index (χ2n) is 11.7. The molecule has 0 spiro atoms. The van der Waals surface area contributed by atoms with Crippen LogP contribution in [0.2, 0.25) is 0 Å². The summed E-state index contributed by atoms with van der Waals surface area (Å²) < 4.78 is 13.3. The number of nitrogens with zero attached hydrogens (tertiary/aromatic N) is 3. The topological polar surface area (TPSA) is 96.8 Å². The highest BCUT2D eigenvalue weighted by Crippen LogP contribution is 2.42. The first-order valence-corrected chi connectivity index (χ1v) is 15.3. The fourth-order valence-electron chi connectivity index (χ4n) is 5.78. The van der Waals surface area contributed by atoms with Gasteiger partial charge >= 0.3 is 0 Å². The first-order valence-electron chi connectivity index (χ1n) is 15.3. The summed E-state index contributed by atoms with van der Waals surface area (Å²) in [7, 11) is 2.12. The molecule has 5 atom stereocenters. The number of carbonyl (C=O) groups is 1. The third-order valence-corrected chi connectivity index (χ3v) is 8.63. The smallest absolute Gasteiger partial charge is 0.275 e. The molecule has 6 rings (SSSR count). The van der Waals surface area contributed by atoms with E-state index in [2.05, 4.69) is 65.3 Å². The van der Waals surface area contributed by atoms with E-state index in [1.165, 1.54) is 11.8 Å². The summed E-state index contributed by atoms with van der Waals surface area (Å²) in [5.41, 5.74) is 6.15. The van der Waals surface area contributed by atoms with E-state index in [0.29, 0.717) is 17.7 Å². The summed E-state index contributed by atoms with van der Waals surface area (Å²) >= 11 is 0. The molecule has 0 saturated carbocycles. The van der Waals surface area contributed by atoms with Gasteiger partial charge in [-0.25, -0.2) is 4.98 Å². The molecule has 0 aliphatic carbocycles. The Hall–Kier alpha value is -4.47. The predicted molar refractivity (Wildman–Crippen MR) is 174 cm³/mol. The number of fused-ring (bicyclic) bond motifs is 1. The molecule has 1 aromatic heterocycles.